The van der Waals surface area contributed by atoms with Crippen LogP contribution in [0.15, 0.2) is 42.6 Å². The predicted octanol–water partition coefficient (Wildman–Crippen LogP) is 4.56. The number of benzene rings is 2. The summed E-state index contributed by atoms with van der Waals surface area (Å²) in [4.78, 5) is 21.0. The zero-order chi connectivity index (χ0) is 20.6. The number of rotatable bonds is 4. The lowest BCUT2D eigenvalue weighted by atomic mass is 10.1. The Morgan fingerprint density at radius 2 is 1.93 bits per heavy atom. The van der Waals surface area contributed by atoms with E-state index in [1.54, 1.807) is 12.1 Å². The van der Waals surface area contributed by atoms with Crippen LogP contribution in [0.3, 0.4) is 0 Å². The maximum Gasteiger partial charge on any atom is 0.417 e. The Labute approximate surface area is 164 Å². The minimum atomic E-state index is -4.77. The fraction of sp³-hybridized carbons (Fsp3) is 0.176. The van der Waals surface area contributed by atoms with E-state index in [1.807, 2.05) is 0 Å². The van der Waals surface area contributed by atoms with Gasteiger partial charge in [-0.15, -0.1) is 0 Å². The quantitative estimate of drug-likeness (QED) is 0.248. The summed E-state index contributed by atoms with van der Waals surface area (Å²) in [6.07, 6.45) is -3.76. The van der Waals surface area contributed by atoms with Crippen molar-refractivity contribution in [2.75, 3.05) is 7.11 Å². The van der Waals surface area contributed by atoms with Crippen LogP contribution in [0.4, 0.5) is 18.9 Å². The number of carbonyl (C=O) groups is 1. The molecule has 0 saturated carbocycles. The maximum atomic E-state index is 13.3. The molecule has 1 atom stereocenters. The Bertz CT molecular complexity index is 1060. The van der Waals surface area contributed by atoms with Gasteiger partial charge < -0.3 is 4.74 Å². The number of halogens is 4. The van der Waals surface area contributed by atoms with Gasteiger partial charge in [0.25, 0.3) is 5.69 Å². The highest BCUT2D eigenvalue weighted by Crippen LogP contribution is 2.38. The standard InChI is InChI=1S/C17H11BrF3N3O4/c1-28-16(25)15(18)9-2-4-10(5-3-9)23-14-7-11(24(26)27)6-13(17(19,20)21)12(14)8-22-23/h2-8,15H,1H3. The number of nitrogens with zero attached hydrogens (tertiary/aromatic N) is 3. The third kappa shape index (κ3) is 3.57. The van der Waals surface area contributed by atoms with Crippen molar-refractivity contribution in [2.24, 2.45) is 0 Å². The lowest BCUT2D eigenvalue weighted by Crippen LogP contribution is -2.08. The molecule has 0 aliphatic rings. The molecule has 0 saturated heterocycles. The van der Waals surface area contributed by atoms with Crippen molar-refractivity contribution in [1.29, 1.82) is 0 Å². The van der Waals surface area contributed by atoms with Gasteiger partial charge in [0.05, 0.1) is 35.0 Å². The number of aromatic nitrogens is 2. The molecular formula is C17H11BrF3N3O4. The molecule has 0 bridgehead atoms. The highest BCUT2D eigenvalue weighted by Gasteiger charge is 2.35. The van der Waals surface area contributed by atoms with Gasteiger partial charge in [-0.25, -0.2) is 4.68 Å². The normalized spacial score (nSPS) is 12.8. The molecule has 0 spiro atoms. The summed E-state index contributed by atoms with van der Waals surface area (Å²) in [5, 5.41) is 14.8. The second kappa shape index (κ2) is 7.23. The molecule has 7 nitrogen and oxygen atoms in total. The van der Waals surface area contributed by atoms with Gasteiger partial charge in [0.15, 0.2) is 0 Å². The van der Waals surface area contributed by atoms with Crippen molar-refractivity contribution >= 4 is 38.5 Å². The molecular weight excluding hydrogens is 447 g/mol. The molecule has 3 rings (SSSR count). The number of carbonyl (C=O) groups excluding carboxylic acids is 1. The molecule has 0 fully saturated rings. The zero-order valence-corrected chi connectivity index (χ0v) is 15.7. The third-order valence-electron chi connectivity index (χ3n) is 4.03. The van der Waals surface area contributed by atoms with E-state index in [0.29, 0.717) is 17.3 Å². The highest BCUT2D eigenvalue weighted by molar-refractivity contribution is 9.09. The summed E-state index contributed by atoms with van der Waals surface area (Å²) in [6, 6.07) is 7.73. The number of ether oxygens (including phenoxy) is 1. The number of fused-ring (bicyclic) bond motifs is 1. The molecule has 0 N–H and O–H groups in total. The number of non-ortho nitro benzene ring substituents is 1. The van der Waals surface area contributed by atoms with Crippen LogP contribution in [-0.4, -0.2) is 27.8 Å². The Kier molecular flexibility index (Phi) is 5.11. The first-order valence-corrected chi connectivity index (χ1v) is 8.60. The summed E-state index contributed by atoms with van der Waals surface area (Å²) in [7, 11) is 1.24. The van der Waals surface area contributed by atoms with Crippen LogP contribution in [0, 0.1) is 10.1 Å². The van der Waals surface area contributed by atoms with E-state index in [4.69, 9.17) is 0 Å². The first-order valence-electron chi connectivity index (χ1n) is 7.69. The highest BCUT2D eigenvalue weighted by atomic mass is 79.9. The van der Waals surface area contributed by atoms with E-state index < -0.39 is 33.1 Å². The summed E-state index contributed by atoms with van der Waals surface area (Å²) in [5.41, 5.74) is -0.946. The van der Waals surface area contributed by atoms with Gasteiger partial charge in [0.1, 0.15) is 4.83 Å². The largest absolute Gasteiger partial charge is 0.468 e. The van der Waals surface area contributed by atoms with Crippen LogP contribution in [0.25, 0.3) is 16.6 Å². The first-order chi connectivity index (χ1) is 13.1. The van der Waals surface area contributed by atoms with Crippen LogP contribution in [0.5, 0.6) is 0 Å². The van der Waals surface area contributed by atoms with Crippen molar-refractivity contribution in [2.45, 2.75) is 11.0 Å². The van der Waals surface area contributed by atoms with Crippen molar-refractivity contribution in [1.82, 2.24) is 9.78 Å². The van der Waals surface area contributed by atoms with E-state index in [9.17, 15) is 28.1 Å². The minimum Gasteiger partial charge on any atom is -0.468 e. The van der Waals surface area contributed by atoms with Crippen LogP contribution >= 0.6 is 15.9 Å². The van der Waals surface area contributed by atoms with Crippen molar-refractivity contribution in [3.8, 4) is 5.69 Å². The second-order valence-corrected chi connectivity index (χ2v) is 6.63. The van der Waals surface area contributed by atoms with Crippen LogP contribution in [0.1, 0.15) is 16.0 Å². The molecule has 0 radical (unpaired) electrons. The molecule has 1 aromatic heterocycles. The molecule has 0 aliphatic carbocycles. The Morgan fingerprint density at radius 3 is 2.46 bits per heavy atom. The summed E-state index contributed by atoms with van der Waals surface area (Å²) in [6.45, 7) is 0. The van der Waals surface area contributed by atoms with E-state index in [1.165, 1.54) is 23.9 Å². The van der Waals surface area contributed by atoms with Crippen molar-refractivity contribution in [3.63, 3.8) is 0 Å². The van der Waals surface area contributed by atoms with Gasteiger partial charge in [-0.2, -0.15) is 18.3 Å². The number of hydrogen-bond donors (Lipinski definition) is 0. The second-order valence-electron chi connectivity index (χ2n) is 5.71. The molecule has 0 amide bonds. The van der Waals surface area contributed by atoms with Crippen LogP contribution in [-0.2, 0) is 15.7 Å². The Balaban J connectivity index is 2.13. The molecule has 1 heterocycles. The third-order valence-corrected chi connectivity index (χ3v) is 4.93. The van der Waals surface area contributed by atoms with Crippen LogP contribution in [0.2, 0.25) is 0 Å². The zero-order valence-electron chi connectivity index (χ0n) is 14.1. The molecule has 1 unspecified atom stereocenters. The number of hydrogen-bond acceptors (Lipinski definition) is 5. The topological polar surface area (TPSA) is 87.3 Å². The lowest BCUT2D eigenvalue weighted by Gasteiger charge is -2.10. The Hall–Kier alpha value is -2.95. The van der Waals surface area contributed by atoms with E-state index in [2.05, 4.69) is 25.8 Å². The number of alkyl halides is 4. The predicted molar refractivity (Wildman–Crippen MR) is 96.4 cm³/mol. The van der Waals surface area contributed by atoms with Crippen molar-refractivity contribution < 1.29 is 27.6 Å². The van der Waals surface area contributed by atoms with E-state index in [-0.39, 0.29) is 10.9 Å². The van der Waals surface area contributed by atoms with Gasteiger partial charge in [-0.1, -0.05) is 28.1 Å². The smallest absolute Gasteiger partial charge is 0.417 e. The lowest BCUT2D eigenvalue weighted by molar-refractivity contribution is -0.385. The minimum absolute atomic E-state index is 0.0577. The molecule has 146 valence electrons. The average molecular weight is 458 g/mol. The van der Waals surface area contributed by atoms with Gasteiger partial charge in [0, 0.05) is 17.5 Å². The number of esters is 1. The monoisotopic (exact) mass is 457 g/mol. The SMILES string of the molecule is COC(=O)C(Br)c1ccc(-n2ncc3c(C(F)(F)F)cc([N+](=O)[O-])cc32)cc1. The average Bonchev–Trinajstić information content (AvgIpc) is 3.09. The molecule has 28 heavy (non-hydrogen) atoms. The van der Waals surface area contributed by atoms with E-state index in [0.717, 1.165) is 12.3 Å². The summed E-state index contributed by atoms with van der Waals surface area (Å²) >= 11 is 3.18. The number of nitro groups is 1. The Morgan fingerprint density at radius 1 is 1.29 bits per heavy atom. The molecule has 3 aromatic rings. The molecule has 11 heteroatoms. The molecule has 2 aromatic carbocycles. The first kappa shape index (κ1) is 19.8. The summed E-state index contributed by atoms with van der Waals surface area (Å²) < 4.78 is 45.7. The maximum absolute atomic E-state index is 13.3. The van der Waals surface area contributed by atoms with Gasteiger partial charge in [-0.3, -0.25) is 14.9 Å². The van der Waals surface area contributed by atoms with Gasteiger partial charge in [0.2, 0.25) is 0 Å². The fourth-order valence-electron chi connectivity index (χ4n) is 2.68. The number of methoxy groups -OCH3 is 1. The van der Waals surface area contributed by atoms with Crippen molar-refractivity contribution in [3.05, 3.63) is 63.8 Å². The fourth-order valence-corrected chi connectivity index (χ4v) is 3.17. The van der Waals surface area contributed by atoms with E-state index >= 15 is 0 Å². The van der Waals surface area contributed by atoms with Gasteiger partial charge >= 0.3 is 12.1 Å². The number of nitro benzene ring substituents is 1. The van der Waals surface area contributed by atoms with Gasteiger partial charge in [-0.05, 0) is 17.7 Å². The molecule has 0 aliphatic heterocycles. The van der Waals surface area contributed by atoms with Crippen LogP contribution < -0.4 is 0 Å². The summed E-state index contributed by atoms with van der Waals surface area (Å²) in [5.74, 6) is -0.511.